The fourth-order valence-electron chi connectivity index (χ4n) is 10.7. The van der Waals surface area contributed by atoms with Gasteiger partial charge < -0.3 is 9.80 Å². The van der Waals surface area contributed by atoms with Crippen molar-refractivity contribution in [1.29, 1.82) is 0 Å². The first-order valence-electron chi connectivity index (χ1n) is 23.8. The second-order valence-corrected chi connectivity index (χ2v) is 20.2. The maximum Gasteiger partial charge on any atom is 0.0547 e. The smallest absolute Gasteiger partial charge is 0.0547 e. The summed E-state index contributed by atoms with van der Waals surface area (Å²) in [4.78, 5) is 5.05. The van der Waals surface area contributed by atoms with Crippen LogP contribution in [0.5, 0.6) is 0 Å². The minimum absolute atomic E-state index is 1.10. The van der Waals surface area contributed by atoms with Crippen molar-refractivity contribution in [2.45, 2.75) is 0 Å². The van der Waals surface area contributed by atoms with Gasteiger partial charge in [-0.2, -0.15) is 0 Å². The van der Waals surface area contributed by atoms with E-state index in [2.05, 4.69) is 265 Å². The number of fused-ring (bicyclic) bond motifs is 9. The van der Waals surface area contributed by atoms with Gasteiger partial charge in [0.15, 0.2) is 0 Å². The molecule has 0 aliphatic heterocycles. The zero-order chi connectivity index (χ0) is 46.1. The lowest BCUT2D eigenvalue weighted by atomic mass is 9.93. The fraction of sp³-hybridized carbons (Fsp3) is 0. The highest BCUT2D eigenvalue weighted by Gasteiger charge is 2.25. The Morgan fingerprint density at radius 2 is 0.686 bits per heavy atom. The average molecular weight is 927 g/mol. The molecule has 14 rings (SSSR count). The van der Waals surface area contributed by atoms with Crippen LogP contribution in [0, 0.1) is 0 Å². The minimum Gasteiger partial charge on any atom is -0.309 e. The van der Waals surface area contributed by atoms with E-state index in [4.69, 9.17) is 0 Å². The molecule has 0 N–H and O–H groups in total. The number of thiophene rings is 2. The normalized spacial score (nSPS) is 11.7. The molecule has 0 atom stereocenters. The Morgan fingerprint density at radius 3 is 1.26 bits per heavy atom. The van der Waals surface area contributed by atoms with Gasteiger partial charge in [-0.25, -0.2) is 0 Å². The van der Waals surface area contributed by atoms with E-state index in [0.29, 0.717) is 0 Å². The molecule has 0 fully saturated rings. The third-order valence-corrected chi connectivity index (χ3v) is 16.2. The van der Waals surface area contributed by atoms with E-state index in [1.54, 1.807) is 0 Å². The molecule has 0 aliphatic carbocycles. The molecule has 0 bridgehead atoms. The third-order valence-electron chi connectivity index (χ3n) is 14.0. The Bertz CT molecular complexity index is 4310. The topological polar surface area (TPSA) is 6.48 Å². The number of nitrogens with zero attached hydrogens (tertiary/aromatic N) is 2. The molecule has 2 heterocycles. The second kappa shape index (κ2) is 16.6. The van der Waals surface area contributed by atoms with Crippen molar-refractivity contribution < 1.29 is 0 Å². The van der Waals surface area contributed by atoms with Crippen molar-refractivity contribution in [3.05, 3.63) is 255 Å². The molecule has 2 nitrogen and oxygen atoms in total. The lowest BCUT2D eigenvalue weighted by Gasteiger charge is -2.32. The highest BCUT2D eigenvalue weighted by Crippen LogP contribution is 2.51. The van der Waals surface area contributed by atoms with Crippen molar-refractivity contribution >= 4 is 129 Å². The third kappa shape index (κ3) is 6.75. The summed E-state index contributed by atoms with van der Waals surface area (Å²) in [5.41, 5.74) is 11.3. The van der Waals surface area contributed by atoms with Crippen LogP contribution in [0.2, 0.25) is 0 Å². The van der Waals surface area contributed by atoms with Crippen LogP contribution in [-0.2, 0) is 0 Å². The van der Waals surface area contributed by atoms with Crippen LogP contribution >= 0.6 is 22.7 Å². The van der Waals surface area contributed by atoms with Gasteiger partial charge in [-0.1, -0.05) is 182 Å². The zero-order valence-electron chi connectivity index (χ0n) is 38.0. The lowest BCUT2D eigenvalue weighted by Crippen LogP contribution is -2.13. The van der Waals surface area contributed by atoms with Gasteiger partial charge in [-0.15, -0.1) is 22.7 Å². The predicted molar refractivity (Wildman–Crippen MR) is 305 cm³/mol. The molecule has 12 aromatic carbocycles. The van der Waals surface area contributed by atoms with Gasteiger partial charge in [-0.3, -0.25) is 0 Å². The molecule has 0 unspecified atom stereocenters. The standard InChI is InChI=1S/C66H42N2S2/c1-3-17-43(18-4-1)47-37-48-38-57(46-19-5-2-6-20-46)62(68(60-30-16-24-45-22-8-10-26-52(45)60)50-34-36-56-54-28-12-14-32-64(54)70-66(56)41-50)42-58(48)61(39-47)67(59-29-15-23-44-21-7-9-25-51(44)59)49-33-35-55-53-27-11-13-31-63(53)69-65(55)40-49/h1-42H. The molecule has 328 valence electrons. The molecular weight excluding hydrogens is 885 g/mol. The first kappa shape index (κ1) is 40.5. The van der Waals surface area contributed by atoms with E-state index in [-0.39, 0.29) is 0 Å². The van der Waals surface area contributed by atoms with Crippen LogP contribution < -0.4 is 9.80 Å². The molecule has 0 amide bonds. The van der Waals surface area contributed by atoms with Gasteiger partial charge in [0.1, 0.15) is 0 Å². The number of rotatable bonds is 8. The largest absolute Gasteiger partial charge is 0.309 e. The lowest BCUT2D eigenvalue weighted by molar-refractivity contribution is 1.30. The number of hydrogen-bond acceptors (Lipinski definition) is 4. The quantitative estimate of drug-likeness (QED) is 0.150. The van der Waals surface area contributed by atoms with E-state index in [1.807, 2.05) is 22.7 Å². The molecule has 2 aromatic heterocycles. The van der Waals surface area contributed by atoms with Gasteiger partial charge in [0, 0.05) is 73.4 Å². The summed E-state index contributed by atoms with van der Waals surface area (Å²) in [5, 5.41) is 12.2. The fourth-order valence-corrected chi connectivity index (χ4v) is 13.0. The highest BCUT2D eigenvalue weighted by atomic mass is 32.1. The van der Waals surface area contributed by atoms with E-state index in [9.17, 15) is 0 Å². The van der Waals surface area contributed by atoms with Crippen molar-refractivity contribution in [1.82, 2.24) is 0 Å². The molecule has 4 heteroatoms. The van der Waals surface area contributed by atoms with Crippen LogP contribution in [0.4, 0.5) is 34.1 Å². The van der Waals surface area contributed by atoms with Crippen LogP contribution in [0.1, 0.15) is 0 Å². The summed E-state index contributed by atoms with van der Waals surface area (Å²) in [6, 6.07) is 94.3. The first-order chi connectivity index (χ1) is 34.7. The number of benzene rings is 12. The molecule has 0 saturated carbocycles. The summed E-state index contributed by atoms with van der Waals surface area (Å²) in [7, 11) is 0. The van der Waals surface area contributed by atoms with Crippen LogP contribution in [-0.4, -0.2) is 0 Å². The molecule has 0 saturated heterocycles. The van der Waals surface area contributed by atoms with E-state index in [1.165, 1.54) is 67.5 Å². The first-order valence-corrected chi connectivity index (χ1v) is 25.4. The van der Waals surface area contributed by atoms with E-state index >= 15 is 0 Å². The number of anilines is 6. The van der Waals surface area contributed by atoms with Gasteiger partial charge in [0.25, 0.3) is 0 Å². The second-order valence-electron chi connectivity index (χ2n) is 18.0. The molecule has 0 radical (unpaired) electrons. The van der Waals surface area contributed by atoms with Crippen molar-refractivity contribution in [3.63, 3.8) is 0 Å². The number of hydrogen-bond donors (Lipinski definition) is 0. The van der Waals surface area contributed by atoms with Crippen LogP contribution in [0.3, 0.4) is 0 Å². The Kier molecular flexibility index (Phi) is 9.61. The van der Waals surface area contributed by atoms with E-state index < -0.39 is 0 Å². The summed E-state index contributed by atoms with van der Waals surface area (Å²) in [5.74, 6) is 0. The summed E-state index contributed by atoms with van der Waals surface area (Å²) >= 11 is 3.72. The summed E-state index contributed by atoms with van der Waals surface area (Å²) in [6.07, 6.45) is 0. The maximum atomic E-state index is 2.53. The zero-order valence-corrected chi connectivity index (χ0v) is 39.6. The van der Waals surface area contributed by atoms with E-state index in [0.717, 1.165) is 61.6 Å². The molecular formula is C66H42N2S2. The SMILES string of the molecule is c1ccc(-c2cc(N(c3ccc4c(c3)sc3ccccc34)c3cccc4ccccc34)c3cc(N(c4ccc5c(c4)sc4ccccc45)c4cccc5ccccc45)c(-c4ccccc4)cc3c2)cc1. The Balaban J connectivity index is 1.12. The maximum absolute atomic E-state index is 2.53. The van der Waals surface area contributed by atoms with Gasteiger partial charge in [-0.05, 0) is 106 Å². The highest BCUT2D eigenvalue weighted by molar-refractivity contribution is 7.26. The molecule has 14 aromatic rings. The molecule has 70 heavy (non-hydrogen) atoms. The predicted octanol–water partition coefficient (Wildman–Crippen LogP) is 20.2. The minimum atomic E-state index is 1.10. The van der Waals surface area contributed by atoms with Gasteiger partial charge >= 0.3 is 0 Å². The van der Waals surface area contributed by atoms with Gasteiger partial charge in [0.2, 0.25) is 0 Å². The Hall–Kier alpha value is -8.54. The summed E-state index contributed by atoms with van der Waals surface area (Å²) in [6.45, 7) is 0. The van der Waals surface area contributed by atoms with Crippen molar-refractivity contribution in [3.8, 4) is 22.3 Å². The van der Waals surface area contributed by atoms with Gasteiger partial charge in [0.05, 0.1) is 22.7 Å². The molecule has 0 spiro atoms. The van der Waals surface area contributed by atoms with Crippen molar-refractivity contribution in [2.24, 2.45) is 0 Å². The monoisotopic (exact) mass is 926 g/mol. The Labute approximate surface area is 413 Å². The van der Waals surface area contributed by atoms with Crippen molar-refractivity contribution in [2.75, 3.05) is 9.80 Å². The summed E-state index contributed by atoms with van der Waals surface area (Å²) < 4.78 is 5.11. The Morgan fingerprint density at radius 1 is 0.229 bits per heavy atom. The molecule has 0 aliphatic rings. The van der Waals surface area contributed by atoms with Crippen LogP contribution in [0.25, 0.3) is 94.9 Å². The average Bonchev–Trinajstić information content (AvgIpc) is 3.99. The van der Waals surface area contributed by atoms with Crippen LogP contribution in [0.15, 0.2) is 255 Å².